The summed E-state index contributed by atoms with van der Waals surface area (Å²) in [4.78, 5) is 24.2. The third-order valence-corrected chi connectivity index (χ3v) is 8.73. The number of carbonyl (C=O) groups is 2. The molecule has 5 heteroatoms. The lowest BCUT2D eigenvalue weighted by atomic mass is 9.45. The fourth-order valence-corrected chi connectivity index (χ4v) is 7.26. The molecule has 0 bridgehead atoms. The smallest absolute Gasteiger partial charge is 0.164 e. The molecule has 0 unspecified atom stereocenters. The number of Topliss-reactive ketones (excluding diaryl/α,β-unsaturated/α-hetero) is 1. The molecule has 3 fully saturated rings. The molecule has 8 atom stereocenters. The van der Waals surface area contributed by atoms with Crippen molar-refractivity contribution in [1.29, 1.82) is 0 Å². The van der Waals surface area contributed by atoms with Crippen molar-refractivity contribution in [2.45, 2.75) is 77.1 Å². The molecular formula is C21H30O5. The molecule has 0 heterocycles. The van der Waals surface area contributed by atoms with Gasteiger partial charge in [0.05, 0.1) is 12.2 Å². The van der Waals surface area contributed by atoms with Gasteiger partial charge in [0.15, 0.2) is 17.2 Å². The lowest BCUT2D eigenvalue weighted by Gasteiger charge is -2.59. The van der Waals surface area contributed by atoms with Gasteiger partial charge in [0.1, 0.15) is 0 Å². The Kier molecular flexibility index (Phi) is 3.87. The van der Waals surface area contributed by atoms with Crippen LogP contribution in [0, 0.1) is 28.6 Å². The number of hydrogen-bond donors (Lipinski definition) is 3. The summed E-state index contributed by atoms with van der Waals surface area (Å²) in [6.45, 7) is 5.47. The minimum absolute atomic E-state index is 0.00389. The monoisotopic (exact) mass is 362 g/mol. The van der Waals surface area contributed by atoms with Crippen LogP contribution in [-0.2, 0) is 9.59 Å². The van der Waals surface area contributed by atoms with E-state index in [1.165, 1.54) is 6.92 Å². The minimum atomic E-state index is -1.70. The van der Waals surface area contributed by atoms with Crippen molar-refractivity contribution in [3.8, 4) is 0 Å². The van der Waals surface area contributed by atoms with Crippen molar-refractivity contribution < 1.29 is 24.9 Å². The molecule has 5 nitrogen and oxygen atoms in total. The van der Waals surface area contributed by atoms with E-state index in [0.29, 0.717) is 31.6 Å². The molecule has 144 valence electrons. The highest BCUT2D eigenvalue weighted by Gasteiger charge is 2.69. The van der Waals surface area contributed by atoms with Gasteiger partial charge in [-0.15, -0.1) is 0 Å². The summed E-state index contributed by atoms with van der Waals surface area (Å²) in [7, 11) is 0. The fraction of sp³-hybridized carbons (Fsp3) is 0.810. The van der Waals surface area contributed by atoms with Crippen LogP contribution in [-0.4, -0.2) is 44.7 Å². The van der Waals surface area contributed by atoms with Gasteiger partial charge in [-0.25, -0.2) is 0 Å². The van der Waals surface area contributed by atoms with E-state index in [2.05, 4.69) is 6.92 Å². The van der Waals surface area contributed by atoms with Crippen molar-refractivity contribution in [3.05, 3.63) is 11.6 Å². The van der Waals surface area contributed by atoms with Crippen LogP contribution < -0.4 is 0 Å². The summed E-state index contributed by atoms with van der Waals surface area (Å²) in [5.74, 6) is 0.181. The van der Waals surface area contributed by atoms with E-state index in [1.54, 1.807) is 6.08 Å². The first-order valence-corrected chi connectivity index (χ1v) is 9.90. The van der Waals surface area contributed by atoms with Crippen LogP contribution >= 0.6 is 0 Å². The van der Waals surface area contributed by atoms with Crippen molar-refractivity contribution >= 4 is 11.6 Å². The largest absolute Gasteiger partial charge is 0.390 e. The Morgan fingerprint density at radius 1 is 1.15 bits per heavy atom. The number of rotatable bonds is 1. The van der Waals surface area contributed by atoms with Crippen molar-refractivity contribution in [2.24, 2.45) is 28.6 Å². The lowest BCUT2D eigenvalue weighted by molar-refractivity contribution is -0.175. The predicted octanol–water partition coefficient (Wildman–Crippen LogP) is 1.78. The summed E-state index contributed by atoms with van der Waals surface area (Å²) in [6.07, 6.45) is 3.67. The molecule has 0 radical (unpaired) electrons. The van der Waals surface area contributed by atoms with Crippen LogP contribution in [0.15, 0.2) is 11.6 Å². The number of aliphatic hydroxyl groups excluding tert-OH is 2. The van der Waals surface area contributed by atoms with Gasteiger partial charge in [0.25, 0.3) is 0 Å². The highest BCUT2D eigenvalue weighted by atomic mass is 16.4. The highest BCUT2D eigenvalue weighted by Crippen LogP contribution is 2.67. The van der Waals surface area contributed by atoms with E-state index in [9.17, 15) is 24.9 Å². The lowest BCUT2D eigenvalue weighted by Crippen LogP contribution is -2.60. The SMILES string of the molecule is CC(=O)[C@@]1(O)[C@H](O)C[C@H]2[C@@H]3C[C@@H](O)C4=CC(=O)CC[C@]4(C)[C@H]3CC[C@@]21C. The predicted molar refractivity (Wildman–Crippen MR) is 95.1 cm³/mol. The zero-order valence-electron chi connectivity index (χ0n) is 15.9. The second kappa shape index (κ2) is 5.49. The number of carbonyl (C=O) groups excluding carboxylic acids is 2. The molecule has 0 amide bonds. The number of hydrogen-bond acceptors (Lipinski definition) is 5. The van der Waals surface area contributed by atoms with Gasteiger partial charge in [-0.1, -0.05) is 13.8 Å². The average Bonchev–Trinajstić information content (AvgIpc) is 2.78. The molecular weight excluding hydrogens is 332 g/mol. The molecule has 26 heavy (non-hydrogen) atoms. The zero-order chi connectivity index (χ0) is 19.1. The molecule has 0 saturated heterocycles. The number of fused-ring (bicyclic) bond motifs is 5. The van der Waals surface area contributed by atoms with Gasteiger partial charge in [-0.3, -0.25) is 9.59 Å². The zero-order valence-corrected chi connectivity index (χ0v) is 15.9. The van der Waals surface area contributed by atoms with Crippen molar-refractivity contribution in [3.63, 3.8) is 0 Å². The van der Waals surface area contributed by atoms with E-state index in [0.717, 1.165) is 18.4 Å². The Bertz CT molecular complexity index is 699. The maximum Gasteiger partial charge on any atom is 0.164 e. The molecule has 4 aliphatic rings. The van der Waals surface area contributed by atoms with Crippen LogP contribution in [0.5, 0.6) is 0 Å². The molecule has 4 aliphatic carbocycles. The molecule has 0 aliphatic heterocycles. The van der Waals surface area contributed by atoms with Crippen LogP contribution in [0.4, 0.5) is 0 Å². The average molecular weight is 362 g/mol. The first-order chi connectivity index (χ1) is 12.1. The summed E-state index contributed by atoms with van der Waals surface area (Å²) in [5.41, 5.74) is -1.70. The van der Waals surface area contributed by atoms with Crippen molar-refractivity contribution in [2.75, 3.05) is 0 Å². The Hall–Kier alpha value is -1.04. The third kappa shape index (κ3) is 2.02. The molecule has 0 spiro atoms. The Morgan fingerprint density at radius 3 is 2.50 bits per heavy atom. The Balaban J connectivity index is 1.76. The van der Waals surface area contributed by atoms with Crippen LogP contribution in [0.3, 0.4) is 0 Å². The van der Waals surface area contributed by atoms with E-state index in [-0.39, 0.29) is 28.8 Å². The molecule has 3 N–H and O–H groups in total. The maximum absolute atomic E-state index is 12.3. The van der Waals surface area contributed by atoms with E-state index < -0.39 is 23.2 Å². The van der Waals surface area contributed by atoms with Crippen LogP contribution in [0.25, 0.3) is 0 Å². The standard InChI is InChI=1S/C21H30O5/c1-11(22)21(26)18(25)10-15-13-9-17(24)16-8-12(23)4-6-19(16,2)14(13)5-7-20(15,21)3/h8,13-15,17-18,24-26H,4-7,9-10H2,1-3H3/t13-,14+,15+,17-,18-,19-,20+,21-/m1/s1. The van der Waals surface area contributed by atoms with Crippen molar-refractivity contribution in [1.82, 2.24) is 0 Å². The summed E-state index contributed by atoms with van der Waals surface area (Å²) in [6, 6.07) is 0. The van der Waals surface area contributed by atoms with Crippen LogP contribution in [0.2, 0.25) is 0 Å². The van der Waals surface area contributed by atoms with Gasteiger partial charge in [0, 0.05) is 11.8 Å². The summed E-state index contributed by atoms with van der Waals surface area (Å²) < 4.78 is 0. The second-order valence-electron chi connectivity index (χ2n) is 9.64. The first-order valence-electron chi connectivity index (χ1n) is 9.90. The topological polar surface area (TPSA) is 94.8 Å². The minimum Gasteiger partial charge on any atom is -0.390 e. The Morgan fingerprint density at radius 2 is 1.85 bits per heavy atom. The molecule has 4 rings (SSSR count). The van der Waals surface area contributed by atoms with Gasteiger partial charge >= 0.3 is 0 Å². The van der Waals surface area contributed by atoms with Gasteiger partial charge in [-0.2, -0.15) is 0 Å². The third-order valence-electron chi connectivity index (χ3n) is 8.73. The molecule has 0 aromatic heterocycles. The highest BCUT2D eigenvalue weighted by molar-refractivity contribution is 5.92. The van der Waals surface area contributed by atoms with Gasteiger partial charge in [-0.05, 0) is 73.8 Å². The second-order valence-corrected chi connectivity index (χ2v) is 9.64. The summed E-state index contributed by atoms with van der Waals surface area (Å²) in [5, 5.41) is 32.6. The van der Waals surface area contributed by atoms with E-state index in [4.69, 9.17) is 0 Å². The quantitative estimate of drug-likeness (QED) is 0.661. The first kappa shape index (κ1) is 18.3. The van der Waals surface area contributed by atoms with E-state index >= 15 is 0 Å². The molecule has 0 aromatic rings. The number of ketones is 2. The van der Waals surface area contributed by atoms with Crippen LogP contribution in [0.1, 0.15) is 59.3 Å². The fourth-order valence-electron chi connectivity index (χ4n) is 7.26. The Labute approximate surface area is 154 Å². The van der Waals surface area contributed by atoms with Gasteiger partial charge < -0.3 is 15.3 Å². The molecule has 3 saturated carbocycles. The van der Waals surface area contributed by atoms with Gasteiger partial charge in [0.2, 0.25) is 0 Å². The molecule has 0 aromatic carbocycles. The maximum atomic E-state index is 12.3. The number of aliphatic hydroxyl groups is 3. The summed E-state index contributed by atoms with van der Waals surface area (Å²) >= 11 is 0. The van der Waals surface area contributed by atoms with E-state index in [1.807, 2.05) is 6.92 Å². The normalized spacial score (nSPS) is 53.4.